The van der Waals surface area contributed by atoms with Gasteiger partial charge in [0.1, 0.15) is 5.82 Å². The molecule has 0 bridgehead atoms. The maximum Gasteiger partial charge on any atom is 0.331 e. The number of fused-ring (bicyclic) bond motifs is 1. The molecule has 134 valence electrons. The number of ether oxygens (including phenoxy) is 3. The number of benzene rings is 2. The first kappa shape index (κ1) is 17.7. The molecule has 1 aliphatic rings. The fourth-order valence-corrected chi connectivity index (χ4v) is 2.38. The van der Waals surface area contributed by atoms with Gasteiger partial charge in [-0.05, 0) is 35.9 Å². The Labute approximate surface area is 150 Å². The number of carbonyl (C=O) groups excluding carboxylic acids is 2. The normalized spacial score (nSPS) is 13.3. The maximum absolute atomic E-state index is 13.1. The first-order valence-corrected chi connectivity index (χ1v) is 8.15. The zero-order chi connectivity index (χ0) is 18.4. The van der Waals surface area contributed by atoms with Gasteiger partial charge in [0.2, 0.25) is 0 Å². The molecule has 2 aromatic carbocycles. The monoisotopic (exact) mass is 356 g/mol. The van der Waals surface area contributed by atoms with E-state index >= 15 is 0 Å². The average Bonchev–Trinajstić information content (AvgIpc) is 2.89. The molecule has 26 heavy (non-hydrogen) atoms. The van der Waals surface area contributed by atoms with Crippen molar-refractivity contribution >= 4 is 17.8 Å². The van der Waals surface area contributed by atoms with Crippen molar-refractivity contribution in [2.45, 2.75) is 6.42 Å². The van der Waals surface area contributed by atoms with Crippen molar-refractivity contribution in [3.63, 3.8) is 0 Å². The minimum absolute atomic E-state index is 0.157. The highest BCUT2D eigenvalue weighted by molar-refractivity contribution is 5.98. The Morgan fingerprint density at radius 3 is 2.69 bits per heavy atom. The second kappa shape index (κ2) is 8.29. The number of hydrogen-bond acceptors (Lipinski definition) is 5. The van der Waals surface area contributed by atoms with E-state index in [1.54, 1.807) is 24.3 Å². The Bertz CT molecular complexity index is 844. The molecule has 0 amide bonds. The SMILES string of the molecule is O=C(/C=C/c1ccc2c(c1)OCCCO2)OCC(=O)c1cccc(F)c1. The molecule has 2 aromatic rings. The summed E-state index contributed by atoms with van der Waals surface area (Å²) in [6.45, 7) is 0.728. The predicted molar refractivity (Wildman–Crippen MR) is 92.8 cm³/mol. The molecule has 0 aromatic heterocycles. The van der Waals surface area contributed by atoms with E-state index in [1.807, 2.05) is 0 Å². The Kier molecular flexibility index (Phi) is 5.63. The molecule has 0 aliphatic carbocycles. The second-order valence-electron chi connectivity index (χ2n) is 5.63. The van der Waals surface area contributed by atoms with Gasteiger partial charge in [-0.15, -0.1) is 0 Å². The molecular weight excluding hydrogens is 339 g/mol. The predicted octanol–water partition coefficient (Wildman–Crippen LogP) is 3.43. The molecule has 0 fully saturated rings. The molecule has 0 saturated heterocycles. The van der Waals surface area contributed by atoms with Crippen molar-refractivity contribution < 1.29 is 28.2 Å². The van der Waals surface area contributed by atoms with Crippen molar-refractivity contribution in [3.05, 3.63) is 65.5 Å². The van der Waals surface area contributed by atoms with E-state index in [1.165, 1.54) is 24.3 Å². The number of ketones is 1. The van der Waals surface area contributed by atoms with Gasteiger partial charge < -0.3 is 14.2 Å². The molecule has 1 aliphatic heterocycles. The Morgan fingerprint density at radius 2 is 1.88 bits per heavy atom. The first-order chi connectivity index (χ1) is 12.6. The van der Waals surface area contributed by atoms with Crippen molar-refractivity contribution in [3.8, 4) is 11.5 Å². The number of hydrogen-bond donors (Lipinski definition) is 0. The lowest BCUT2D eigenvalue weighted by Crippen LogP contribution is -2.12. The average molecular weight is 356 g/mol. The van der Waals surface area contributed by atoms with E-state index in [2.05, 4.69) is 0 Å². The standard InChI is InChI=1S/C20H17FO5/c21-16-4-1-3-15(12-16)17(22)13-26-20(23)8-6-14-5-7-18-19(11-14)25-10-2-9-24-18/h1,3-8,11-12H,2,9-10,13H2/b8-6+. The van der Waals surface area contributed by atoms with Crippen LogP contribution >= 0.6 is 0 Å². The topological polar surface area (TPSA) is 61.8 Å². The highest BCUT2D eigenvalue weighted by atomic mass is 19.1. The molecule has 0 saturated carbocycles. The summed E-state index contributed by atoms with van der Waals surface area (Å²) in [5.74, 6) is -0.359. The highest BCUT2D eigenvalue weighted by Gasteiger charge is 2.11. The minimum atomic E-state index is -0.665. The molecule has 0 spiro atoms. The van der Waals surface area contributed by atoms with Crippen molar-refractivity contribution in [1.29, 1.82) is 0 Å². The Morgan fingerprint density at radius 1 is 1.08 bits per heavy atom. The third-order valence-electron chi connectivity index (χ3n) is 3.68. The van der Waals surface area contributed by atoms with Crippen molar-refractivity contribution in [2.75, 3.05) is 19.8 Å². The van der Waals surface area contributed by atoms with Gasteiger partial charge in [-0.25, -0.2) is 9.18 Å². The Balaban J connectivity index is 1.56. The summed E-state index contributed by atoms with van der Waals surface area (Å²) in [5, 5.41) is 0. The number of carbonyl (C=O) groups is 2. The number of esters is 1. The van der Waals surface area contributed by atoms with E-state index in [9.17, 15) is 14.0 Å². The molecule has 0 N–H and O–H groups in total. The van der Waals surface area contributed by atoms with Gasteiger partial charge in [-0.3, -0.25) is 4.79 Å². The lowest BCUT2D eigenvalue weighted by atomic mass is 10.1. The van der Waals surface area contributed by atoms with Crippen LogP contribution in [0.3, 0.4) is 0 Å². The summed E-state index contributed by atoms with van der Waals surface area (Å²) < 4.78 is 29.1. The lowest BCUT2D eigenvalue weighted by molar-refractivity contribution is -0.136. The molecule has 0 radical (unpaired) electrons. The fourth-order valence-electron chi connectivity index (χ4n) is 2.38. The van der Waals surface area contributed by atoms with Gasteiger partial charge >= 0.3 is 5.97 Å². The van der Waals surface area contributed by atoms with Gasteiger partial charge in [0.25, 0.3) is 0 Å². The number of rotatable bonds is 5. The summed E-state index contributed by atoms with van der Waals surface area (Å²) in [6, 6.07) is 10.6. The van der Waals surface area contributed by atoms with Crippen LogP contribution in [-0.2, 0) is 9.53 Å². The molecular formula is C20H17FO5. The van der Waals surface area contributed by atoms with Crippen LogP contribution in [-0.4, -0.2) is 31.6 Å². The molecule has 1 heterocycles. The summed E-state index contributed by atoms with van der Waals surface area (Å²) in [4.78, 5) is 23.6. The van der Waals surface area contributed by atoms with Gasteiger partial charge in [0, 0.05) is 18.1 Å². The third-order valence-corrected chi connectivity index (χ3v) is 3.68. The third kappa shape index (κ3) is 4.69. The smallest absolute Gasteiger partial charge is 0.331 e. The van der Waals surface area contributed by atoms with E-state index in [4.69, 9.17) is 14.2 Å². The summed E-state index contributed by atoms with van der Waals surface area (Å²) >= 11 is 0. The molecule has 5 nitrogen and oxygen atoms in total. The summed E-state index contributed by atoms with van der Waals surface area (Å²) in [6.07, 6.45) is 3.59. The van der Waals surface area contributed by atoms with Crippen LogP contribution in [0.25, 0.3) is 6.08 Å². The molecule has 0 unspecified atom stereocenters. The van der Waals surface area contributed by atoms with Crippen molar-refractivity contribution in [2.24, 2.45) is 0 Å². The highest BCUT2D eigenvalue weighted by Crippen LogP contribution is 2.30. The van der Waals surface area contributed by atoms with Crippen LogP contribution in [0.2, 0.25) is 0 Å². The Hall–Kier alpha value is -3.15. The fraction of sp³-hybridized carbons (Fsp3) is 0.200. The first-order valence-electron chi connectivity index (χ1n) is 8.15. The van der Waals surface area contributed by atoms with Gasteiger partial charge in [0.05, 0.1) is 13.2 Å². The van der Waals surface area contributed by atoms with E-state index < -0.39 is 24.2 Å². The van der Waals surface area contributed by atoms with Crippen LogP contribution in [0.4, 0.5) is 4.39 Å². The van der Waals surface area contributed by atoms with Crippen LogP contribution in [0, 0.1) is 5.82 Å². The summed E-state index contributed by atoms with van der Waals surface area (Å²) in [7, 11) is 0. The molecule has 3 rings (SSSR count). The summed E-state index contributed by atoms with van der Waals surface area (Å²) in [5.41, 5.74) is 0.896. The van der Waals surface area contributed by atoms with Crippen molar-refractivity contribution in [1.82, 2.24) is 0 Å². The molecule has 6 heteroatoms. The quantitative estimate of drug-likeness (QED) is 0.467. The largest absolute Gasteiger partial charge is 0.490 e. The van der Waals surface area contributed by atoms with E-state index in [0.29, 0.717) is 24.7 Å². The number of halogens is 1. The van der Waals surface area contributed by atoms with Gasteiger partial charge in [-0.1, -0.05) is 18.2 Å². The maximum atomic E-state index is 13.1. The number of Topliss-reactive ketones (excluding diaryl/α,β-unsaturated/α-hetero) is 1. The van der Waals surface area contributed by atoms with Crippen LogP contribution in [0.1, 0.15) is 22.3 Å². The van der Waals surface area contributed by atoms with E-state index in [0.717, 1.165) is 18.1 Å². The zero-order valence-electron chi connectivity index (χ0n) is 13.9. The molecule has 0 atom stereocenters. The second-order valence-corrected chi connectivity index (χ2v) is 5.63. The minimum Gasteiger partial charge on any atom is -0.490 e. The van der Waals surface area contributed by atoms with Gasteiger partial charge in [0.15, 0.2) is 23.9 Å². The zero-order valence-corrected chi connectivity index (χ0v) is 13.9. The lowest BCUT2D eigenvalue weighted by Gasteiger charge is -2.07. The van der Waals surface area contributed by atoms with Gasteiger partial charge in [-0.2, -0.15) is 0 Å². The van der Waals surface area contributed by atoms with Crippen LogP contribution in [0.15, 0.2) is 48.5 Å². The van der Waals surface area contributed by atoms with E-state index in [-0.39, 0.29) is 5.56 Å². The van der Waals surface area contributed by atoms with Crippen LogP contribution in [0.5, 0.6) is 11.5 Å². The van der Waals surface area contributed by atoms with Crippen LogP contribution < -0.4 is 9.47 Å².